The minimum atomic E-state index is 0.384. The molecule has 0 heterocycles. The summed E-state index contributed by atoms with van der Waals surface area (Å²) in [5.41, 5.74) is 0.384. The molecule has 2 atom stereocenters. The molecule has 114 valence electrons. The van der Waals surface area contributed by atoms with E-state index in [0.717, 1.165) is 25.7 Å². The van der Waals surface area contributed by atoms with Crippen molar-refractivity contribution >= 4 is 0 Å². The van der Waals surface area contributed by atoms with E-state index in [1.807, 2.05) is 0 Å². The lowest BCUT2D eigenvalue weighted by Crippen LogP contribution is -2.47. The van der Waals surface area contributed by atoms with Crippen LogP contribution in [0.2, 0.25) is 0 Å². The van der Waals surface area contributed by atoms with Gasteiger partial charge in [0.05, 0.1) is 6.61 Å². The van der Waals surface area contributed by atoms with Crippen molar-refractivity contribution in [3.05, 3.63) is 0 Å². The van der Waals surface area contributed by atoms with Crippen LogP contribution < -0.4 is 5.32 Å². The van der Waals surface area contributed by atoms with Gasteiger partial charge in [-0.1, -0.05) is 27.2 Å². The number of hydrogen-bond donors (Lipinski definition) is 1. The minimum Gasteiger partial charge on any atom is -0.383 e. The molecule has 0 aromatic heterocycles. The Labute approximate surface area is 120 Å². The van der Waals surface area contributed by atoms with Gasteiger partial charge in [-0.05, 0) is 38.1 Å². The molecule has 3 heteroatoms. The van der Waals surface area contributed by atoms with E-state index in [1.54, 1.807) is 7.11 Å². The Hall–Kier alpha value is -0.120. The molecule has 19 heavy (non-hydrogen) atoms. The van der Waals surface area contributed by atoms with Gasteiger partial charge >= 0.3 is 0 Å². The largest absolute Gasteiger partial charge is 0.383 e. The average molecular weight is 270 g/mol. The maximum atomic E-state index is 5.31. The number of likely N-dealkylation sites (N-methyl/N-ethyl adjacent to an activating group) is 1. The molecule has 0 saturated heterocycles. The van der Waals surface area contributed by atoms with Crippen LogP contribution in [0, 0.1) is 5.41 Å². The van der Waals surface area contributed by atoms with E-state index in [4.69, 9.17) is 4.74 Å². The first-order valence-electron chi connectivity index (χ1n) is 8.01. The van der Waals surface area contributed by atoms with Crippen LogP contribution in [0.1, 0.15) is 53.4 Å². The van der Waals surface area contributed by atoms with Gasteiger partial charge in [0.2, 0.25) is 0 Å². The Bertz CT molecular complexity index is 243. The molecule has 0 spiro atoms. The van der Waals surface area contributed by atoms with Crippen molar-refractivity contribution in [3.8, 4) is 0 Å². The third-order valence-electron chi connectivity index (χ3n) is 4.27. The molecule has 0 radical (unpaired) electrons. The quantitative estimate of drug-likeness (QED) is 0.625. The Morgan fingerprint density at radius 3 is 2.53 bits per heavy atom. The first-order valence-corrected chi connectivity index (χ1v) is 8.01. The highest BCUT2D eigenvalue weighted by Crippen LogP contribution is 2.27. The van der Waals surface area contributed by atoms with Crippen molar-refractivity contribution in [2.24, 2.45) is 5.41 Å². The van der Waals surface area contributed by atoms with E-state index in [0.29, 0.717) is 11.5 Å². The maximum absolute atomic E-state index is 5.31. The average Bonchev–Trinajstić information content (AvgIpc) is 3.18. The molecule has 1 fully saturated rings. The first-order chi connectivity index (χ1) is 9.04. The van der Waals surface area contributed by atoms with Gasteiger partial charge in [-0.15, -0.1) is 0 Å². The predicted molar refractivity (Wildman–Crippen MR) is 82.6 cm³/mol. The zero-order chi connectivity index (χ0) is 14.3. The highest BCUT2D eigenvalue weighted by Gasteiger charge is 2.30. The zero-order valence-electron chi connectivity index (χ0n) is 13.7. The second-order valence-corrected chi connectivity index (χ2v) is 6.58. The van der Waals surface area contributed by atoms with Gasteiger partial charge in [-0.25, -0.2) is 0 Å². The van der Waals surface area contributed by atoms with Crippen molar-refractivity contribution in [2.75, 3.05) is 33.4 Å². The summed E-state index contributed by atoms with van der Waals surface area (Å²) in [6.45, 7) is 13.5. The van der Waals surface area contributed by atoms with Crippen LogP contribution >= 0.6 is 0 Å². The normalized spacial score (nSPS) is 20.5. The summed E-state index contributed by atoms with van der Waals surface area (Å²) in [5, 5.41) is 3.72. The molecule has 0 aliphatic heterocycles. The van der Waals surface area contributed by atoms with Crippen molar-refractivity contribution in [3.63, 3.8) is 0 Å². The van der Waals surface area contributed by atoms with E-state index in [-0.39, 0.29) is 0 Å². The molecule has 2 unspecified atom stereocenters. The van der Waals surface area contributed by atoms with Gasteiger partial charge in [0.15, 0.2) is 0 Å². The van der Waals surface area contributed by atoms with Crippen molar-refractivity contribution in [1.29, 1.82) is 0 Å². The van der Waals surface area contributed by atoms with Crippen LogP contribution in [-0.4, -0.2) is 50.3 Å². The summed E-state index contributed by atoms with van der Waals surface area (Å²) in [6, 6.07) is 1.31. The Morgan fingerprint density at radius 2 is 2.05 bits per heavy atom. The Kier molecular flexibility index (Phi) is 7.33. The number of methoxy groups -OCH3 is 1. The number of nitrogens with zero attached hydrogens (tertiary/aromatic N) is 1. The lowest BCUT2D eigenvalue weighted by molar-refractivity contribution is 0.0671. The van der Waals surface area contributed by atoms with Crippen LogP contribution in [0.4, 0.5) is 0 Å². The predicted octanol–water partition coefficient (Wildman–Crippen LogP) is 2.90. The topological polar surface area (TPSA) is 24.5 Å². The Balaban J connectivity index is 2.51. The van der Waals surface area contributed by atoms with E-state index < -0.39 is 0 Å². The monoisotopic (exact) mass is 270 g/mol. The van der Waals surface area contributed by atoms with Crippen molar-refractivity contribution < 1.29 is 4.74 Å². The summed E-state index contributed by atoms with van der Waals surface area (Å²) < 4.78 is 5.31. The van der Waals surface area contributed by atoms with Crippen LogP contribution in [0.15, 0.2) is 0 Å². The molecule has 1 aliphatic rings. The van der Waals surface area contributed by atoms with Gasteiger partial charge < -0.3 is 10.1 Å². The second kappa shape index (κ2) is 8.23. The second-order valence-electron chi connectivity index (χ2n) is 6.58. The van der Waals surface area contributed by atoms with Gasteiger partial charge in [-0.3, -0.25) is 4.90 Å². The summed E-state index contributed by atoms with van der Waals surface area (Å²) in [4.78, 5) is 2.56. The molecule has 3 nitrogen and oxygen atoms in total. The molecule has 0 aromatic carbocycles. The molecule has 1 N–H and O–H groups in total. The SMILES string of the molecule is CCCC(C)(CNC1CC1)CN(CC)C(C)COC. The fourth-order valence-corrected chi connectivity index (χ4v) is 2.92. The fourth-order valence-electron chi connectivity index (χ4n) is 2.92. The molecule has 1 aliphatic carbocycles. The van der Waals surface area contributed by atoms with Crippen molar-refractivity contribution in [2.45, 2.75) is 65.5 Å². The van der Waals surface area contributed by atoms with E-state index in [2.05, 4.69) is 37.9 Å². The number of ether oxygens (including phenoxy) is 1. The number of hydrogen-bond acceptors (Lipinski definition) is 3. The standard InChI is InChI=1S/C16H34N2O/c1-6-10-16(4,12-17-15-8-9-15)13-18(7-2)14(3)11-19-5/h14-15,17H,6-13H2,1-5H3. The van der Waals surface area contributed by atoms with Crippen LogP contribution in [0.3, 0.4) is 0 Å². The minimum absolute atomic E-state index is 0.384. The number of rotatable bonds is 11. The lowest BCUT2D eigenvalue weighted by Gasteiger charge is -2.38. The van der Waals surface area contributed by atoms with Gasteiger partial charge in [0, 0.05) is 32.3 Å². The molecule has 1 rings (SSSR count). The van der Waals surface area contributed by atoms with Crippen LogP contribution in [0.25, 0.3) is 0 Å². The summed E-state index contributed by atoms with van der Waals surface area (Å²) in [7, 11) is 1.80. The zero-order valence-corrected chi connectivity index (χ0v) is 13.7. The fraction of sp³-hybridized carbons (Fsp3) is 1.00. The van der Waals surface area contributed by atoms with E-state index in [1.165, 1.54) is 32.2 Å². The molecule has 0 bridgehead atoms. The smallest absolute Gasteiger partial charge is 0.0615 e. The molecular formula is C16H34N2O. The first kappa shape index (κ1) is 16.9. The summed E-state index contributed by atoms with van der Waals surface area (Å²) >= 11 is 0. The summed E-state index contributed by atoms with van der Waals surface area (Å²) in [5.74, 6) is 0. The third kappa shape index (κ3) is 6.24. The van der Waals surface area contributed by atoms with Gasteiger partial charge in [-0.2, -0.15) is 0 Å². The van der Waals surface area contributed by atoms with Crippen molar-refractivity contribution in [1.82, 2.24) is 10.2 Å². The number of nitrogens with one attached hydrogen (secondary N) is 1. The molecule has 0 aromatic rings. The van der Waals surface area contributed by atoms with E-state index >= 15 is 0 Å². The van der Waals surface area contributed by atoms with Gasteiger partial charge in [0.25, 0.3) is 0 Å². The maximum Gasteiger partial charge on any atom is 0.0615 e. The molecule has 0 amide bonds. The van der Waals surface area contributed by atoms with Crippen LogP contribution in [0.5, 0.6) is 0 Å². The third-order valence-corrected chi connectivity index (χ3v) is 4.27. The van der Waals surface area contributed by atoms with E-state index in [9.17, 15) is 0 Å². The van der Waals surface area contributed by atoms with Gasteiger partial charge in [0.1, 0.15) is 0 Å². The lowest BCUT2D eigenvalue weighted by atomic mass is 9.84. The molecule has 1 saturated carbocycles. The summed E-state index contributed by atoms with van der Waals surface area (Å²) in [6.07, 6.45) is 5.31. The highest BCUT2D eigenvalue weighted by atomic mass is 16.5. The molecular weight excluding hydrogens is 236 g/mol. The van der Waals surface area contributed by atoms with Crippen LogP contribution in [-0.2, 0) is 4.74 Å². The highest BCUT2D eigenvalue weighted by molar-refractivity contribution is 4.87. The Morgan fingerprint density at radius 1 is 1.37 bits per heavy atom.